The van der Waals surface area contributed by atoms with E-state index in [2.05, 4.69) is 62.1 Å². The highest BCUT2D eigenvalue weighted by Crippen LogP contribution is 2.29. The lowest BCUT2D eigenvalue weighted by atomic mass is 9.95. The zero-order valence-electron chi connectivity index (χ0n) is 16.9. The van der Waals surface area contributed by atoms with Crippen LogP contribution in [0.2, 0.25) is 0 Å². The van der Waals surface area contributed by atoms with Crippen LogP contribution >= 0.6 is 0 Å². The molecule has 2 aromatic carbocycles. The van der Waals surface area contributed by atoms with E-state index in [4.69, 9.17) is 4.42 Å². The molecule has 1 aliphatic heterocycles. The molecule has 0 atom stereocenters. The van der Waals surface area contributed by atoms with E-state index < -0.39 is 0 Å². The summed E-state index contributed by atoms with van der Waals surface area (Å²) in [6, 6.07) is 14.7. The minimum Gasteiger partial charge on any atom is -0.464 e. The SMILES string of the molecule is Cc1cc2occ(CC(=O)N3CCN(c4ccccc4)CC3)c2cc1C(C)C. The van der Waals surface area contributed by atoms with Gasteiger partial charge in [-0.25, -0.2) is 0 Å². The van der Waals surface area contributed by atoms with E-state index in [1.165, 1.54) is 16.8 Å². The summed E-state index contributed by atoms with van der Waals surface area (Å²) in [5.41, 5.74) is 5.66. The second-order valence-electron chi connectivity index (χ2n) is 8.00. The third-order valence-corrected chi connectivity index (χ3v) is 5.76. The van der Waals surface area contributed by atoms with E-state index in [1.54, 1.807) is 6.26 Å². The van der Waals surface area contributed by atoms with Crippen LogP contribution in [0, 0.1) is 6.92 Å². The third-order valence-electron chi connectivity index (χ3n) is 5.76. The minimum atomic E-state index is 0.182. The highest BCUT2D eigenvalue weighted by Gasteiger charge is 2.22. The first-order valence-electron chi connectivity index (χ1n) is 10.1. The van der Waals surface area contributed by atoms with Crippen molar-refractivity contribution in [3.8, 4) is 0 Å². The normalized spacial score (nSPS) is 14.9. The Morgan fingerprint density at radius 2 is 1.79 bits per heavy atom. The predicted octanol–water partition coefficient (Wildman–Crippen LogP) is 4.76. The molecule has 1 aliphatic rings. The summed E-state index contributed by atoms with van der Waals surface area (Å²) >= 11 is 0. The summed E-state index contributed by atoms with van der Waals surface area (Å²) in [4.78, 5) is 17.2. The molecule has 1 fully saturated rings. The summed E-state index contributed by atoms with van der Waals surface area (Å²) in [6.07, 6.45) is 2.16. The van der Waals surface area contributed by atoms with Gasteiger partial charge in [-0.1, -0.05) is 32.0 Å². The van der Waals surface area contributed by atoms with Crippen LogP contribution in [-0.4, -0.2) is 37.0 Å². The van der Waals surface area contributed by atoms with E-state index in [1.807, 2.05) is 11.0 Å². The van der Waals surface area contributed by atoms with Crippen molar-refractivity contribution in [3.63, 3.8) is 0 Å². The number of rotatable bonds is 4. The minimum absolute atomic E-state index is 0.182. The lowest BCUT2D eigenvalue weighted by Crippen LogP contribution is -2.49. The van der Waals surface area contributed by atoms with Crippen molar-refractivity contribution in [3.05, 3.63) is 65.4 Å². The number of benzene rings is 2. The summed E-state index contributed by atoms with van der Waals surface area (Å²) in [6.45, 7) is 9.79. The van der Waals surface area contributed by atoms with Crippen LogP contribution in [0.5, 0.6) is 0 Å². The molecule has 1 aromatic heterocycles. The Hall–Kier alpha value is -2.75. The number of anilines is 1. The number of amides is 1. The Morgan fingerprint density at radius 1 is 1.07 bits per heavy atom. The third kappa shape index (κ3) is 3.64. The van der Waals surface area contributed by atoms with Crippen molar-refractivity contribution < 1.29 is 9.21 Å². The predicted molar refractivity (Wildman–Crippen MR) is 114 cm³/mol. The molecule has 0 spiro atoms. The van der Waals surface area contributed by atoms with Crippen LogP contribution in [0.25, 0.3) is 11.0 Å². The monoisotopic (exact) mass is 376 g/mol. The molecule has 2 heterocycles. The Balaban J connectivity index is 1.45. The highest BCUT2D eigenvalue weighted by molar-refractivity contribution is 5.88. The molecule has 1 saturated heterocycles. The van der Waals surface area contributed by atoms with Gasteiger partial charge < -0.3 is 14.2 Å². The Kier molecular flexibility index (Phi) is 5.12. The average molecular weight is 377 g/mol. The molecule has 0 bridgehead atoms. The zero-order chi connectivity index (χ0) is 19.7. The van der Waals surface area contributed by atoms with Crippen molar-refractivity contribution in [1.82, 2.24) is 4.90 Å². The standard InChI is InChI=1S/C24H28N2O2/c1-17(2)21-15-22-19(16-28-23(22)13-18(21)3)14-24(27)26-11-9-25(10-12-26)20-7-5-4-6-8-20/h4-8,13,15-17H,9-12,14H2,1-3H3. The maximum Gasteiger partial charge on any atom is 0.227 e. The maximum atomic E-state index is 12.9. The quantitative estimate of drug-likeness (QED) is 0.659. The van der Waals surface area contributed by atoms with Gasteiger partial charge >= 0.3 is 0 Å². The fraction of sp³-hybridized carbons (Fsp3) is 0.375. The van der Waals surface area contributed by atoms with E-state index in [9.17, 15) is 4.79 Å². The van der Waals surface area contributed by atoms with Crippen LogP contribution in [0.4, 0.5) is 5.69 Å². The first-order valence-corrected chi connectivity index (χ1v) is 10.1. The number of nitrogens with zero attached hydrogens (tertiary/aromatic N) is 2. The number of hydrogen-bond donors (Lipinski definition) is 0. The van der Waals surface area contributed by atoms with Gasteiger partial charge in [0.2, 0.25) is 5.91 Å². The molecule has 0 unspecified atom stereocenters. The van der Waals surface area contributed by atoms with Crippen LogP contribution in [0.15, 0.2) is 53.1 Å². The largest absolute Gasteiger partial charge is 0.464 e. The van der Waals surface area contributed by atoms with Crippen LogP contribution in [0.1, 0.15) is 36.5 Å². The number of hydrogen-bond acceptors (Lipinski definition) is 3. The number of para-hydroxylation sites is 1. The summed E-state index contributed by atoms with van der Waals surface area (Å²) in [5, 5.41) is 1.07. The van der Waals surface area contributed by atoms with Gasteiger partial charge in [0, 0.05) is 42.8 Å². The number of piperazine rings is 1. The lowest BCUT2D eigenvalue weighted by molar-refractivity contribution is -0.130. The van der Waals surface area contributed by atoms with Gasteiger partial charge in [0.05, 0.1) is 12.7 Å². The van der Waals surface area contributed by atoms with E-state index in [0.717, 1.165) is 42.7 Å². The number of carbonyl (C=O) groups is 1. The molecule has 146 valence electrons. The van der Waals surface area contributed by atoms with Gasteiger partial charge in [-0.15, -0.1) is 0 Å². The average Bonchev–Trinajstić information content (AvgIpc) is 3.09. The molecule has 0 radical (unpaired) electrons. The van der Waals surface area contributed by atoms with Gasteiger partial charge in [-0.05, 0) is 48.2 Å². The Morgan fingerprint density at radius 3 is 2.46 bits per heavy atom. The highest BCUT2D eigenvalue weighted by atomic mass is 16.3. The van der Waals surface area contributed by atoms with Crippen molar-refractivity contribution >= 4 is 22.6 Å². The first kappa shape index (κ1) is 18.6. The van der Waals surface area contributed by atoms with E-state index >= 15 is 0 Å². The molecule has 4 nitrogen and oxygen atoms in total. The number of carbonyl (C=O) groups excluding carboxylic acids is 1. The fourth-order valence-corrected chi connectivity index (χ4v) is 4.13. The fourth-order valence-electron chi connectivity index (χ4n) is 4.13. The maximum absolute atomic E-state index is 12.9. The van der Waals surface area contributed by atoms with Crippen molar-refractivity contribution in [2.45, 2.75) is 33.1 Å². The smallest absolute Gasteiger partial charge is 0.227 e. The Bertz CT molecular complexity index is 967. The molecule has 0 N–H and O–H groups in total. The summed E-state index contributed by atoms with van der Waals surface area (Å²) < 4.78 is 5.75. The first-order chi connectivity index (χ1) is 13.5. The van der Waals surface area contributed by atoms with Gasteiger partial charge in [0.1, 0.15) is 5.58 Å². The molecular formula is C24H28N2O2. The molecular weight excluding hydrogens is 348 g/mol. The van der Waals surface area contributed by atoms with Crippen molar-refractivity contribution in [2.75, 3.05) is 31.1 Å². The van der Waals surface area contributed by atoms with Gasteiger partial charge in [-0.2, -0.15) is 0 Å². The summed E-state index contributed by atoms with van der Waals surface area (Å²) in [5.74, 6) is 0.635. The van der Waals surface area contributed by atoms with Gasteiger partial charge in [0.15, 0.2) is 0 Å². The van der Waals surface area contributed by atoms with E-state index in [-0.39, 0.29) is 5.91 Å². The Labute approximate surface area is 166 Å². The number of fused-ring (bicyclic) bond motifs is 1. The van der Waals surface area contributed by atoms with E-state index in [0.29, 0.717) is 12.3 Å². The molecule has 4 rings (SSSR count). The van der Waals surface area contributed by atoms with Crippen molar-refractivity contribution in [2.24, 2.45) is 0 Å². The zero-order valence-corrected chi connectivity index (χ0v) is 16.9. The number of aryl methyl sites for hydroxylation is 1. The van der Waals surface area contributed by atoms with Crippen LogP contribution in [-0.2, 0) is 11.2 Å². The molecule has 4 heteroatoms. The van der Waals surface area contributed by atoms with Crippen LogP contribution in [0.3, 0.4) is 0 Å². The topological polar surface area (TPSA) is 36.7 Å². The molecule has 28 heavy (non-hydrogen) atoms. The van der Waals surface area contributed by atoms with Gasteiger partial charge in [-0.3, -0.25) is 4.79 Å². The molecule has 0 aliphatic carbocycles. The molecule has 1 amide bonds. The second kappa shape index (κ2) is 7.70. The molecule has 0 saturated carbocycles. The lowest BCUT2D eigenvalue weighted by Gasteiger charge is -2.36. The van der Waals surface area contributed by atoms with Gasteiger partial charge in [0.25, 0.3) is 0 Å². The van der Waals surface area contributed by atoms with Crippen molar-refractivity contribution in [1.29, 1.82) is 0 Å². The number of furan rings is 1. The summed E-state index contributed by atoms with van der Waals surface area (Å²) in [7, 11) is 0. The second-order valence-corrected chi connectivity index (χ2v) is 8.00. The van der Waals surface area contributed by atoms with Crippen LogP contribution < -0.4 is 4.90 Å². The molecule has 3 aromatic rings.